The molecule has 2 heterocycles. The number of carbonyl (C=O) groups is 1. The van der Waals surface area contributed by atoms with Crippen molar-refractivity contribution in [1.82, 2.24) is 4.98 Å². The van der Waals surface area contributed by atoms with Crippen molar-refractivity contribution in [3.8, 4) is 5.75 Å². The molecule has 0 fully saturated rings. The summed E-state index contributed by atoms with van der Waals surface area (Å²) in [7, 11) is 0. The third-order valence-electron chi connectivity index (χ3n) is 4.59. The van der Waals surface area contributed by atoms with Crippen LogP contribution in [0.4, 0.5) is 0 Å². The van der Waals surface area contributed by atoms with Gasteiger partial charge in [0.2, 0.25) is 6.10 Å². The Balaban J connectivity index is 1.92. The van der Waals surface area contributed by atoms with Crippen LogP contribution in [-0.2, 0) is 21.0 Å². The predicted molar refractivity (Wildman–Crippen MR) is 104 cm³/mol. The average Bonchev–Trinajstić information content (AvgIpc) is 3.06. The first-order chi connectivity index (χ1) is 13.6. The molecule has 0 aliphatic carbocycles. The molecule has 0 saturated carbocycles. The van der Waals surface area contributed by atoms with Gasteiger partial charge in [0.05, 0.1) is 12.3 Å². The number of aromatic nitrogens is 1. The Labute approximate surface area is 172 Å². The Kier molecular flexibility index (Phi) is 5.77. The molecule has 29 heavy (non-hydrogen) atoms. The highest BCUT2D eigenvalue weighted by Crippen LogP contribution is 2.41. The van der Waals surface area contributed by atoms with E-state index >= 15 is 0 Å². The van der Waals surface area contributed by atoms with Gasteiger partial charge >= 0.3 is 5.97 Å². The Morgan fingerprint density at radius 2 is 2.00 bits per heavy atom. The van der Waals surface area contributed by atoms with Crippen molar-refractivity contribution < 1.29 is 24.2 Å². The van der Waals surface area contributed by atoms with E-state index < -0.39 is 22.6 Å². The molecule has 0 spiro atoms. The van der Waals surface area contributed by atoms with Crippen LogP contribution < -0.4 is 4.74 Å². The summed E-state index contributed by atoms with van der Waals surface area (Å²) < 4.78 is 11.5. The first-order valence-corrected chi connectivity index (χ1v) is 9.34. The molecule has 154 valence electrons. The summed E-state index contributed by atoms with van der Waals surface area (Å²) in [4.78, 5) is 32.4. The van der Waals surface area contributed by atoms with Gasteiger partial charge in [-0.2, -0.15) is 0 Å². The largest absolute Gasteiger partial charge is 0.423 e. The maximum atomic E-state index is 12.7. The van der Waals surface area contributed by atoms with E-state index in [0.717, 1.165) is 11.1 Å². The standard InChI is InChI=1S/C20H21ClN2O6/c1-11-16(28-19(24)18(20(2,3)4)29-23(25)26)15-10-27-17(14(15)9-22-11)12-5-7-13(21)8-6-12/h5-9,17-18H,10H2,1-4H3/t17?,18-/m1/s1. The van der Waals surface area contributed by atoms with Gasteiger partial charge < -0.3 is 9.47 Å². The summed E-state index contributed by atoms with van der Waals surface area (Å²) in [6.07, 6.45) is -0.0772. The van der Waals surface area contributed by atoms with Gasteiger partial charge in [-0.1, -0.05) is 44.5 Å². The van der Waals surface area contributed by atoms with Crippen molar-refractivity contribution in [2.75, 3.05) is 0 Å². The maximum absolute atomic E-state index is 12.7. The second kappa shape index (κ2) is 7.96. The number of rotatable bonds is 5. The predicted octanol–water partition coefficient (Wildman–Crippen LogP) is 4.19. The molecule has 0 radical (unpaired) electrons. The summed E-state index contributed by atoms with van der Waals surface area (Å²) in [6, 6.07) is 7.25. The first-order valence-electron chi connectivity index (χ1n) is 8.96. The molecule has 3 rings (SSSR count). The fourth-order valence-electron chi connectivity index (χ4n) is 3.13. The number of carbonyl (C=O) groups excluding carboxylic acids is 1. The van der Waals surface area contributed by atoms with Crippen LogP contribution in [0.1, 0.15) is 49.3 Å². The molecule has 1 aliphatic rings. The molecule has 0 amide bonds. The van der Waals surface area contributed by atoms with Crippen molar-refractivity contribution in [1.29, 1.82) is 0 Å². The fourth-order valence-corrected chi connectivity index (χ4v) is 3.25. The van der Waals surface area contributed by atoms with Crippen LogP contribution in [0.3, 0.4) is 0 Å². The van der Waals surface area contributed by atoms with Crippen molar-refractivity contribution in [3.63, 3.8) is 0 Å². The lowest BCUT2D eigenvalue weighted by Gasteiger charge is -2.26. The minimum Gasteiger partial charge on any atom is -0.423 e. The molecule has 0 bridgehead atoms. The lowest BCUT2D eigenvalue weighted by atomic mass is 9.89. The Morgan fingerprint density at radius 1 is 1.34 bits per heavy atom. The lowest BCUT2D eigenvalue weighted by Crippen LogP contribution is -2.41. The van der Waals surface area contributed by atoms with Crippen LogP contribution >= 0.6 is 11.6 Å². The molecule has 2 aromatic rings. The second-order valence-electron chi connectivity index (χ2n) is 7.85. The number of aryl methyl sites for hydroxylation is 1. The van der Waals surface area contributed by atoms with Gasteiger partial charge in [-0.15, -0.1) is 10.1 Å². The molecule has 2 atom stereocenters. The highest BCUT2D eigenvalue weighted by atomic mass is 35.5. The topological polar surface area (TPSA) is 101 Å². The van der Waals surface area contributed by atoms with Crippen molar-refractivity contribution in [3.05, 3.63) is 68.0 Å². The molecule has 0 saturated heterocycles. The van der Waals surface area contributed by atoms with Crippen molar-refractivity contribution in [2.24, 2.45) is 5.41 Å². The van der Waals surface area contributed by atoms with E-state index in [1.807, 2.05) is 12.1 Å². The Morgan fingerprint density at radius 3 is 2.59 bits per heavy atom. The molecule has 0 N–H and O–H groups in total. The summed E-state index contributed by atoms with van der Waals surface area (Å²) in [5, 5.41) is 10.4. The zero-order chi connectivity index (χ0) is 21.3. The number of benzene rings is 1. The highest BCUT2D eigenvalue weighted by molar-refractivity contribution is 6.30. The van der Waals surface area contributed by atoms with E-state index in [1.165, 1.54) is 0 Å². The summed E-state index contributed by atoms with van der Waals surface area (Å²) in [5.41, 5.74) is 1.97. The lowest BCUT2D eigenvalue weighted by molar-refractivity contribution is -0.768. The van der Waals surface area contributed by atoms with E-state index in [1.54, 1.807) is 46.0 Å². The number of halogens is 1. The normalized spacial score (nSPS) is 16.8. The number of hydrogen-bond acceptors (Lipinski definition) is 7. The summed E-state index contributed by atoms with van der Waals surface area (Å²) in [5.74, 6) is -0.618. The van der Waals surface area contributed by atoms with Gasteiger partial charge in [0.1, 0.15) is 6.10 Å². The fraction of sp³-hybridized carbons (Fsp3) is 0.400. The molecule has 1 aromatic heterocycles. The Bertz CT molecular complexity index is 939. The van der Waals surface area contributed by atoms with Gasteiger partial charge in [-0.25, -0.2) is 4.79 Å². The number of fused-ring (bicyclic) bond motifs is 1. The van der Waals surface area contributed by atoms with E-state index in [-0.39, 0.29) is 18.5 Å². The van der Waals surface area contributed by atoms with Crippen molar-refractivity contribution in [2.45, 2.75) is 46.5 Å². The molecular formula is C20H21ClN2O6. The van der Waals surface area contributed by atoms with Gasteiger partial charge in [-0.05, 0) is 30.0 Å². The number of ether oxygens (including phenoxy) is 2. The number of pyridine rings is 1. The number of nitrogens with zero attached hydrogens (tertiary/aromatic N) is 2. The molecule has 1 unspecified atom stereocenters. The monoisotopic (exact) mass is 420 g/mol. The van der Waals surface area contributed by atoms with E-state index in [9.17, 15) is 14.9 Å². The smallest absolute Gasteiger partial charge is 0.341 e. The highest BCUT2D eigenvalue weighted by Gasteiger charge is 2.38. The Hall–Kier alpha value is -2.71. The average molecular weight is 421 g/mol. The number of esters is 1. The third kappa shape index (κ3) is 4.49. The quantitative estimate of drug-likeness (QED) is 0.406. The molecular weight excluding hydrogens is 400 g/mol. The minimum absolute atomic E-state index is 0.213. The SMILES string of the molecule is Cc1ncc2c(c1OC(=O)[C@@H](O[N+](=O)[O-])C(C)(C)C)COC2c1ccc(Cl)cc1. The zero-order valence-electron chi connectivity index (χ0n) is 16.5. The van der Waals surface area contributed by atoms with Crippen LogP contribution in [0.15, 0.2) is 30.5 Å². The van der Waals surface area contributed by atoms with Crippen LogP contribution in [0.5, 0.6) is 5.75 Å². The van der Waals surface area contributed by atoms with Crippen LogP contribution in [0, 0.1) is 22.5 Å². The van der Waals surface area contributed by atoms with Crippen LogP contribution in [0.25, 0.3) is 0 Å². The van der Waals surface area contributed by atoms with Crippen molar-refractivity contribution >= 4 is 17.6 Å². The summed E-state index contributed by atoms with van der Waals surface area (Å²) >= 11 is 5.95. The van der Waals surface area contributed by atoms with Gasteiger partial charge in [0, 0.05) is 22.3 Å². The van der Waals surface area contributed by atoms with Crippen LogP contribution in [-0.4, -0.2) is 22.1 Å². The van der Waals surface area contributed by atoms with Gasteiger partial charge in [0.25, 0.3) is 5.09 Å². The van der Waals surface area contributed by atoms with E-state index in [4.69, 9.17) is 21.1 Å². The zero-order valence-corrected chi connectivity index (χ0v) is 17.2. The molecule has 9 heteroatoms. The number of hydrogen-bond donors (Lipinski definition) is 0. The maximum Gasteiger partial charge on any atom is 0.341 e. The van der Waals surface area contributed by atoms with Gasteiger partial charge in [0.15, 0.2) is 5.75 Å². The van der Waals surface area contributed by atoms with Crippen LogP contribution in [0.2, 0.25) is 5.02 Å². The second-order valence-corrected chi connectivity index (χ2v) is 8.28. The molecule has 1 aromatic carbocycles. The van der Waals surface area contributed by atoms with Gasteiger partial charge in [-0.3, -0.25) is 9.82 Å². The van der Waals surface area contributed by atoms with E-state index in [2.05, 4.69) is 9.82 Å². The first kappa shape index (κ1) is 21.0. The minimum atomic E-state index is -1.39. The summed E-state index contributed by atoms with van der Waals surface area (Å²) in [6.45, 7) is 6.87. The molecule has 8 nitrogen and oxygen atoms in total. The molecule has 1 aliphatic heterocycles. The third-order valence-corrected chi connectivity index (χ3v) is 4.84. The van der Waals surface area contributed by atoms with E-state index in [0.29, 0.717) is 16.3 Å².